The quantitative estimate of drug-likeness (QED) is 0.324. The molecule has 1 aromatic heterocycles. The van der Waals surface area contributed by atoms with Gasteiger partial charge in [0, 0.05) is 17.5 Å². The Balaban J connectivity index is 1.65. The summed E-state index contributed by atoms with van der Waals surface area (Å²) in [6.45, 7) is 1.74. The van der Waals surface area contributed by atoms with E-state index in [-0.39, 0.29) is 34.5 Å². The van der Waals surface area contributed by atoms with E-state index in [4.69, 9.17) is 25.6 Å². The molecule has 0 aliphatic carbocycles. The largest absolute Gasteiger partial charge is 0.452 e. The van der Waals surface area contributed by atoms with Gasteiger partial charge in [0.25, 0.3) is 5.89 Å². The van der Waals surface area contributed by atoms with Crippen molar-refractivity contribution in [2.75, 3.05) is 0 Å². The molecule has 0 N–H and O–H groups in total. The van der Waals surface area contributed by atoms with E-state index in [0.717, 1.165) is 0 Å². The zero-order chi connectivity index (χ0) is 20.1. The number of benzene rings is 2. The number of nitro groups is 1. The van der Waals surface area contributed by atoms with E-state index in [2.05, 4.69) is 10.1 Å². The van der Waals surface area contributed by atoms with Crippen molar-refractivity contribution in [3.05, 3.63) is 74.9 Å². The lowest BCUT2D eigenvalue weighted by atomic mass is 10.2. The SMILES string of the molecule is CCc1noc(COC(=O)c2ccc(Oc3ccc(Cl)cc3[N+](=O)[O-])cc2)n1. The molecule has 2 aromatic carbocycles. The van der Waals surface area contributed by atoms with Crippen LogP contribution in [0, 0.1) is 10.1 Å². The van der Waals surface area contributed by atoms with Gasteiger partial charge >= 0.3 is 11.7 Å². The summed E-state index contributed by atoms with van der Waals surface area (Å²) in [5.41, 5.74) is 0.00942. The molecule has 3 aromatic rings. The number of hydrogen-bond donors (Lipinski definition) is 0. The molecule has 144 valence electrons. The maximum absolute atomic E-state index is 12.1. The van der Waals surface area contributed by atoms with Crippen molar-refractivity contribution in [2.45, 2.75) is 20.0 Å². The number of nitrogens with zero attached hydrogens (tertiary/aromatic N) is 3. The maximum Gasteiger partial charge on any atom is 0.338 e. The van der Waals surface area contributed by atoms with Crippen LogP contribution in [0.15, 0.2) is 47.0 Å². The van der Waals surface area contributed by atoms with Crippen LogP contribution in [0.1, 0.15) is 29.0 Å². The van der Waals surface area contributed by atoms with Crippen LogP contribution in [0.4, 0.5) is 5.69 Å². The average molecular weight is 404 g/mol. The van der Waals surface area contributed by atoms with E-state index in [9.17, 15) is 14.9 Å². The van der Waals surface area contributed by atoms with Gasteiger partial charge in [-0.05, 0) is 36.4 Å². The van der Waals surface area contributed by atoms with Crippen LogP contribution in [0.2, 0.25) is 5.02 Å². The number of carbonyl (C=O) groups excluding carboxylic acids is 1. The molecular weight excluding hydrogens is 390 g/mol. The lowest BCUT2D eigenvalue weighted by Crippen LogP contribution is -2.05. The smallest absolute Gasteiger partial charge is 0.338 e. The summed E-state index contributed by atoms with van der Waals surface area (Å²) < 4.78 is 15.6. The Morgan fingerprint density at radius 3 is 2.64 bits per heavy atom. The number of hydrogen-bond acceptors (Lipinski definition) is 8. The van der Waals surface area contributed by atoms with Crippen LogP contribution in [0.25, 0.3) is 0 Å². The number of nitro benzene ring substituents is 1. The van der Waals surface area contributed by atoms with Crippen molar-refractivity contribution in [1.82, 2.24) is 10.1 Å². The van der Waals surface area contributed by atoms with Gasteiger partial charge in [0.2, 0.25) is 5.75 Å². The molecule has 0 fully saturated rings. The third kappa shape index (κ3) is 4.63. The summed E-state index contributed by atoms with van der Waals surface area (Å²) >= 11 is 5.78. The molecule has 1 heterocycles. The van der Waals surface area contributed by atoms with Gasteiger partial charge in [0.15, 0.2) is 12.4 Å². The monoisotopic (exact) mass is 403 g/mol. The summed E-state index contributed by atoms with van der Waals surface area (Å²) in [5, 5.41) is 15.0. The fraction of sp³-hybridized carbons (Fsp3) is 0.167. The molecule has 0 amide bonds. The third-order valence-corrected chi connectivity index (χ3v) is 3.82. The molecule has 28 heavy (non-hydrogen) atoms. The second-order valence-electron chi connectivity index (χ2n) is 5.53. The number of rotatable bonds is 7. The maximum atomic E-state index is 12.1. The number of ether oxygens (including phenoxy) is 2. The van der Waals surface area contributed by atoms with E-state index in [1.807, 2.05) is 6.92 Å². The standard InChI is InChI=1S/C18H14ClN3O6/c1-2-16-20-17(28-21-16)10-26-18(23)11-3-6-13(7-4-11)27-15-8-5-12(19)9-14(15)22(24)25/h3-9H,2,10H2,1H3. The Labute approximate surface area is 164 Å². The lowest BCUT2D eigenvalue weighted by Gasteiger charge is -2.07. The van der Waals surface area contributed by atoms with Crippen LogP contribution in [-0.4, -0.2) is 21.0 Å². The molecule has 0 saturated carbocycles. The first kappa shape index (κ1) is 19.3. The Kier molecular flexibility index (Phi) is 5.85. The second-order valence-corrected chi connectivity index (χ2v) is 5.97. The highest BCUT2D eigenvalue weighted by Gasteiger charge is 2.17. The lowest BCUT2D eigenvalue weighted by molar-refractivity contribution is -0.385. The van der Waals surface area contributed by atoms with Crippen molar-refractivity contribution >= 4 is 23.3 Å². The highest BCUT2D eigenvalue weighted by atomic mass is 35.5. The normalized spacial score (nSPS) is 10.5. The van der Waals surface area contributed by atoms with E-state index >= 15 is 0 Å². The van der Waals surface area contributed by atoms with Gasteiger partial charge in [-0.2, -0.15) is 4.98 Å². The molecule has 9 nitrogen and oxygen atoms in total. The molecule has 0 spiro atoms. The van der Waals surface area contributed by atoms with E-state index in [1.54, 1.807) is 0 Å². The summed E-state index contributed by atoms with van der Waals surface area (Å²) in [6.07, 6.45) is 0.616. The van der Waals surface area contributed by atoms with Gasteiger partial charge in [-0.15, -0.1) is 0 Å². The molecule has 0 unspecified atom stereocenters. The van der Waals surface area contributed by atoms with Crippen molar-refractivity contribution in [3.63, 3.8) is 0 Å². The molecular formula is C18H14ClN3O6. The minimum atomic E-state index is -0.589. The van der Waals surface area contributed by atoms with Crippen LogP contribution in [0.5, 0.6) is 11.5 Å². The zero-order valence-electron chi connectivity index (χ0n) is 14.6. The van der Waals surface area contributed by atoms with Gasteiger partial charge in [-0.25, -0.2) is 4.79 Å². The van der Waals surface area contributed by atoms with Crippen molar-refractivity contribution in [3.8, 4) is 11.5 Å². The topological polar surface area (TPSA) is 118 Å². The highest BCUT2D eigenvalue weighted by molar-refractivity contribution is 6.30. The van der Waals surface area contributed by atoms with E-state index in [1.165, 1.54) is 42.5 Å². The summed E-state index contributed by atoms with van der Waals surface area (Å²) in [5.74, 6) is 0.503. The number of aryl methyl sites for hydroxylation is 1. The first-order chi connectivity index (χ1) is 13.5. The Morgan fingerprint density at radius 1 is 1.25 bits per heavy atom. The van der Waals surface area contributed by atoms with Crippen LogP contribution in [-0.2, 0) is 17.8 Å². The molecule has 0 bridgehead atoms. The average Bonchev–Trinajstić information content (AvgIpc) is 3.16. The van der Waals surface area contributed by atoms with Gasteiger partial charge in [0.1, 0.15) is 5.75 Å². The predicted octanol–water partition coefficient (Wildman–Crippen LogP) is 4.34. The minimum absolute atomic E-state index is 0.0350. The Bertz CT molecular complexity index is 1000. The van der Waals surface area contributed by atoms with Gasteiger partial charge < -0.3 is 14.0 Å². The summed E-state index contributed by atoms with van der Waals surface area (Å²) in [6, 6.07) is 10.0. The Hall–Kier alpha value is -3.46. The third-order valence-electron chi connectivity index (χ3n) is 3.59. The van der Waals surface area contributed by atoms with Crippen molar-refractivity contribution in [1.29, 1.82) is 0 Å². The molecule has 0 aliphatic rings. The molecule has 0 radical (unpaired) electrons. The fourth-order valence-corrected chi connectivity index (χ4v) is 2.37. The number of halogens is 1. The molecule has 0 saturated heterocycles. The second kappa shape index (κ2) is 8.49. The minimum Gasteiger partial charge on any atom is -0.452 e. The first-order valence-corrected chi connectivity index (χ1v) is 8.54. The summed E-state index contributed by atoms with van der Waals surface area (Å²) in [7, 11) is 0. The van der Waals surface area contributed by atoms with Gasteiger partial charge in [-0.3, -0.25) is 10.1 Å². The van der Waals surface area contributed by atoms with E-state index < -0.39 is 10.9 Å². The summed E-state index contributed by atoms with van der Waals surface area (Å²) in [4.78, 5) is 26.6. The molecule has 0 aliphatic heterocycles. The van der Waals surface area contributed by atoms with Gasteiger partial charge in [0.05, 0.1) is 10.5 Å². The van der Waals surface area contributed by atoms with Crippen LogP contribution >= 0.6 is 11.6 Å². The number of carbonyl (C=O) groups is 1. The van der Waals surface area contributed by atoms with Crippen molar-refractivity contribution in [2.24, 2.45) is 0 Å². The molecule has 3 rings (SSSR count). The molecule has 0 atom stereocenters. The fourth-order valence-electron chi connectivity index (χ4n) is 2.21. The number of aromatic nitrogens is 2. The molecule has 10 heteroatoms. The van der Waals surface area contributed by atoms with E-state index in [0.29, 0.717) is 18.0 Å². The zero-order valence-corrected chi connectivity index (χ0v) is 15.4. The predicted molar refractivity (Wildman–Crippen MR) is 97.4 cm³/mol. The number of esters is 1. The Morgan fingerprint density at radius 2 is 2.00 bits per heavy atom. The van der Waals surface area contributed by atoms with Crippen LogP contribution < -0.4 is 4.74 Å². The highest BCUT2D eigenvalue weighted by Crippen LogP contribution is 2.33. The van der Waals surface area contributed by atoms with Crippen molar-refractivity contribution < 1.29 is 23.7 Å². The first-order valence-electron chi connectivity index (χ1n) is 8.16. The van der Waals surface area contributed by atoms with Gasteiger partial charge in [-0.1, -0.05) is 23.7 Å². The van der Waals surface area contributed by atoms with Crippen LogP contribution in [0.3, 0.4) is 0 Å².